The van der Waals surface area contributed by atoms with Gasteiger partial charge in [-0.3, -0.25) is 9.59 Å². The number of nitrogens with one attached hydrogen (secondary N) is 1. The molecule has 11 heteroatoms. The summed E-state index contributed by atoms with van der Waals surface area (Å²) in [5.74, 6) is -0.287. The Bertz CT molecular complexity index is 1140. The molecule has 4 rings (SSSR count). The van der Waals surface area contributed by atoms with E-state index in [-0.39, 0.29) is 12.2 Å². The van der Waals surface area contributed by atoms with E-state index in [1.165, 1.54) is 35.5 Å². The third kappa shape index (κ3) is 5.08. The Labute approximate surface area is 187 Å². The SMILES string of the molecule is O=C(Nc1cccnn1)c1ccc(N2CCCN(C(=O)c3ccccc3C(F)(F)F)C2)nc1. The van der Waals surface area contributed by atoms with Crippen LogP contribution in [0.15, 0.2) is 60.9 Å². The van der Waals surface area contributed by atoms with E-state index < -0.39 is 23.6 Å². The van der Waals surface area contributed by atoms with Gasteiger partial charge in [0, 0.05) is 25.5 Å². The summed E-state index contributed by atoms with van der Waals surface area (Å²) in [6.45, 7) is 0.992. The summed E-state index contributed by atoms with van der Waals surface area (Å²) in [5, 5.41) is 10.1. The maximum Gasteiger partial charge on any atom is 0.417 e. The van der Waals surface area contributed by atoms with Gasteiger partial charge in [0.15, 0.2) is 5.82 Å². The number of amides is 2. The highest BCUT2D eigenvalue weighted by Crippen LogP contribution is 2.32. The van der Waals surface area contributed by atoms with Gasteiger partial charge in [-0.25, -0.2) is 4.98 Å². The lowest BCUT2D eigenvalue weighted by Crippen LogP contribution is -2.48. The molecule has 0 saturated carbocycles. The third-order valence-electron chi connectivity index (χ3n) is 5.10. The molecule has 8 nitrogen and oxygen atoms in total. The lowest BCUT2D eigenvalue weighted by atomic mass is 10.1. The number of rotatable bonds is 4. The monoisotopic (exact) mass is 456 g/mol. The molecule has 0 unspecified atom stereocenters. The summed E-state index contributed by atoms with van der Waals surface area (Å²) in [5.41, 5.74) is -1.03. The molecule has 1 aliphatic rings. The summed E-state index contributed by atoms with van der Waals surface area (Å²) in [7, 11) is 0. The number of aromatic nitrogens is 3. The lowest BCUT2D eigenvalue weighted by molar-refractivity contribution is -0.138. The average molecular weight is 456 g/mol. The molecule has 3 aromatic rings. The number of anilines is 2. The van der Waals surface area contributed by atoms with Crippen molar-refractivity contribution in [3.05, 3.63) is 77.6 Å². The molecule has 0 atom stereocenters. The van der Waals surface area contributed by atoms with Crippen molar-refractivity contribution in [2.24, 2.45) is 0 Å². The number of carbonyl (C=O) groups excluding carboxylic acids is 2. The second kappa shape index (κ2) is 9.23. The van der Waals surface area contributed by atoms with Crippen molar-refractivity contribution in [3.63, 3.8) is 0 Å². The van der Waals surface area contributed by atoms with Gasteiger partial charge in [0.25, 0.3) is 11.8 Å². The van der Waals surface area contributed by atoms with Gasteiger partial charge in [0.05, 0.1) is 23.4 Å². The van der Waals surface area contributed by atoms with Gasteiger partial charge in [-0.05, 0) is 42.8 Å². The van der Waals surface area contributed by atoms with Crippen LogP contribution in [-0.2, 0) is 6.18 Å². The molecule has 1 saturated heterocycles. The Morgan fingerprint density at radius 2 is 1.82 bits per heavy atom. The molecule has 170 valence electrons. The topological polar surface area (TPSA) is 91.3 Å². The van der Waals surface area contributed by atoms with E-state index in [1.807, 2.05) is 0 Å². The maximum absolute atomic E-state index is 13.3. The Balaban J connectivity index is 1.46. The number of hydrogen-bond acceptors (Lipinski definition) is 6. The quantitative estimate of drug-likeness (QED) is 0.647. The Morgan fingerprint density at radius 1 is 1.00 bits per heavy atom. The summed E-state index contributed by atoms with van der Waals surface area (Å²) in [6, 6.07) is 11.2. The van der Waals surface area contributed by atoms with Crippen molar-refractivity contribution in [2.75, 3.05) is 30.0 Å². The Hall–Kier alpha value is -4.02. The molecule has 1 fully saturated rings. The predicted molar refractivity (Wildman–Crippen MR) is 114 cm³/mol. The van der Waals surface area contributed by atoms with E-state index in [4.69, 9.17) is 0 Å². The van der Waals surface area contributed by atoms with E-state index in [2.05, 4.69) is 20.5 Å². The number of benzene rings is 1. The molecule has 0 bridgehead atoms. The van der Waals surface area contributed by atoms with E-state index in [9.17, 15) is 22.8 Å². The van der Waals surface area contributed by atoms with Gasteiger partial charge >= 0.3 is 6.18 Å². The molecular weight excluding hydrogens is 437 g/mol. The van der Waals surface area contributed by atoms with Gasteiger partial charge in [-0.1, -0.05) is 12.1 Å². The minimum absolute atomic E-state index is 0.0865. The van der Waals surface area contributed by atoms with Crippen molar-refractivity contribution in [3.8, 4) is 0 Å². The normalized spacial score (nSPS) is 14.2. The zero-order chi connectivity index (χ0) is 23.4. The van der Waals surface area contributed by atoms with Crippen molar-refractivity contribution < 1.29 is 22.8 Å². The van der Waals surface area contributed by atoms with E-state index in [1.54, 1.807) is 29.2 Å². The minimum Gasteiger partial charge on any atom is -0.339 e. The van der Waals surface area contributed by atoms with Gasteiger partial charge in [0.1, 0.15) is 5.82 Å². The molecule has 1 aliphatic heterocycles. The van der Waals surface area contributed by atoms with Crippen LogP contribution in [0.25, 0.3) is 0 Å². The highest BCUT2D eigenvalue weighted by molar-refractivity contribution is 6.03. The van der Waals surface area contributed by atoms with Crippen LogP contribution in [0.1, 0.15) is 32.7 Å². The number of halogens is 3. The first-order valence-electron chi connectivity index (χ1n) is 10.1. The smallest absolute Gasteiger partial charge is 0.339 e. The summed E-state index contributed by atoms with van der Waals surface area (Å²) < 4.78 is 40.0. The zero-order valence-corrected chi connectivity index (χ0v) is 17.3. The number of hydrogen-bond donors (Lipinski definition) is 1. The molecule has 2 amide bonds. The van der Waals surface area contributed by atoms with E-state index >= 15 is 0 Å². The molecule has 33 heavy (non-hydrogen) atoms. The first-order valence-corrected chi connectivity index (χ1v) is 10.1. The van der Waals surface area contributed by atoms with Crippen LogP contribution in [0.5, 0.6) is 0 Å². The highest BCUT2D eigenvalue weighted by Gasteiger charge is 2.36. The molecule has 0 radical (unpaired) electrons. The molecule has 0 spiro atoms. The number of alkyl halides is 3. The largest absolute Gasteiger partial charge is 0.417 e. The van der Waals surface area contributed by atoms with E-state index in [0.29, 0.717) is 36.7 Å². The number of carbonyl (C=O) groups is 2. The van der Waals surface area contributed by atoms with E-state index in [0.717, 1.165) is 6.07 Å². The van der Waals surface area contributed by atoms with Gasteiger partial charge in [-0.2, -0.15) is 18.3 Å². The molecule has 3 heterocycles. The predicted octanol–water partition coefficient (Wildman–Crippen LogP) is 3.45. The van der Waals surface area contributed by atoms with Gasteiger partial charge < -0.3 is 15.1 Å². The van der Waals surface area contributed by atoms with Crippen LogP contribution in [0.2, 0.25) is 0 Å². The van der Waals surface area contributed by atoms with Gasteiger partial charge in [0.2, 0.25) is 0 Å². The fourth-order valence-electron chi connectivity index (χ4n) is 3.50. The van der Waals surface area contributed by atoms with Crippen molar-refractivity contribution in [1.29, 1.82) is 0 Å². The summed E-state index contributed by atoms with van der Waals surface area (Å²) in [4.78, 5) is 32.7. The molecular formula is C22H19F3N6O2. The number of nitrogens with zero attached hydrogens (tertiary/aromatic N) is 5. The molecule has 2 aromatic heterocycles. The van der Waals surface area contributed by atoms with Crippen LogP contribution in [0.4, 0.5) is 24.8 Å². The van der Waals surface area contributed by atoms with Crippen LogP contribution in [0.3, 0.4) is 0 Å². The van der Waals surface area contributed by atoms with Gasteiger partial charge in [-0.15, -0.1) is 5.10 Å². The fraction of sp³-hybridized carbons (Fsp3) is 0.227. The zero-order valence-electron chi connectivity index (χ0n) is 17.3. The van der Waals surface area contributed by atoms with Crippen LogP contribution < -0.4 is 10.2 Å². The average Bonchev–Trinajstić information content (AvgIpc) is 2.84. The first-order chi connectivity index (χ1) is 15.8. The summed E-state index contributed by atoms with van der Waals surface area (Å²) in [6.07, 6.45) is -1.18. The molecule has 0 aliphatic carbocycles. The lowest BCUT2D eigenvalue weighted by Gasteiger charge is -2.36. The summed E-state index contributed by atoms with van der Waals surface area (Å²) >= 11 is 0. The van der Waals surface area contributed by atoms with Crippen molar-refractivity contribution >= 4 is 23.5 Å². The van der Waals surface area contributed by atoms with Crippen LogP contribution >= 0.6 is 0 Å². The number of pyridine rings is 1. The Morgan fingerprint density at radius 3 is 2.52 bits per heavy atom. The van der Waals surface area contributed by atoms with Crippen molar-refractivity contribution in [1.82, 2.24) is 20.1 Å². The molecule has 1 N–H and O–H groups in total. The second-order valence-electron chi connectivity index (χ2n) is 7.34. The Kier molecular flexibility index (Phi) is 6.20. The van der Waals surface area contributed by atoms with Crippen LogP contribution in [0, 0.1) is 0 Å². The molecule has 1 aromatic carbocycles. The second-order valence-corrected chi connectivity index (χ2v) is 7.34. The standard InChI is InChI=1S/C22H19F3N6O2/c23-22(24,25)17-6-2-1-5-16(17)21(33)31-12-4-11-30(14-31)19-9-8-15(13-26-19)20(32)28-18-7-3-10-27-29-18/h1-3,5-10,13H,4,11-12,14H2,(H,28,29,32). The van der Waals surface area contributed by atoms with Crippen LogP contribution in [-0.4, -0.2) is 51.7 Å². The highest BCUT2D eigenvalue weighted by atomic mass is 19.4. The third-order valence-corrected chi connectivity index (χ3v) is 5.10. The minimum atomic E-state index is -4.62. The maximum atomic E-state index is 13.3. The van der Waals surface area contributed by atoms with Crippen molar-refractivity contribution in [2.45, 2.75) is 12.6 Å². The first kappa shape index (κ1) is 22.2. The fourth-order valence-corrected chi connectivity index (χ4v) is 3.50.